The van der Waals surface area contributed by atoms with Crippen LogP contribution in [0.15, 0.2) is 134 Å². The van der Waals surface area contributed by atoms with Crippen LogP contribution in [-0.2, 0) is 0 Å². The van der Waals surface area contributed by atoms with Gasteiger partial charge in [-0.25, -0.2) is 0 Å². The van der Waals surface area contributed by atoms with E-state index in [-0.39, 0.29) is 6.71 Å². The Labute approximate surface area is 237 Å². The standard InChI is InChI=1S/C37H22BN3/c1-2-12-24(13-3-1)40-32-20-9-7-17-29(32)38-30-18-10-16-27-26-15-6-8-19-31(26)41(36(27)30)33-21-28-25-14-5-4-11-23(25)22-39-35(28)37(40)34(33)38/h1-22H. The van der Waals surface area contributed by atoms with Crippen molar-refractivity contribution in [3.63, 3.8) is 0 Å². The van der Waals surface area contributed by atoms with Crippen LogP contribution in [0, 0.1) is 0 Å². The monoisotopic (exact) mass is 519 g/mol. The highest BCUT2D eigenvalue weighted by molar-refractivity contribution is 7.00. The number of rotatable bonds is 1. The number of fused-ring (bicyclic) bond motifs is 11. The van der Waals surface area contributed by atoms with Gasteiger partial charge in [-0.05, 0) is 52.1 Å². The van der Waals surface area contributed by atoms with Crippen LogP contribution in [-0.4, -0.2) is 16.3 Å². The van der Waals surface area contributed by atoms with Gasteiger partial charge in [-0.15, -0.1) is 0 Å². The lowest BCUT2D eigenvalue weighted by Crippen LogP contribution is -2.60. The van der Waals surface area contributed by atoms with Crippen molar-refractivity contribution in [2.24, 2.45) is 0 Å². The predicted octanol–water partition coefficient (Wildman–Crippen LogP) is 7.10. The molecule has 41 heavy (non-hydrogen) atoms. The van der Waals surface area contributed by atoms with Gasteiger partial charge in [0.05, 0.1) is 16.7 Å². The first kappa shape index (κ1) is 21.5. The van der Waals surface area contributed by atoms with Crippen molar-refractivity contribution in [1.29, 1.82) is 0 Å². The van der Waals surface area contributed by atoms with Crippen molar-refractivity contribution in [2.75, 3.05) is 4.90 Å². The fraction of sp³-hybridized carbons (Fsp3) is 0. The summed E-state index contributed by atoms with van der Waals surface area (Å²) in [4.78, 5) is 7.66. The van der Waals surface area contributed by atoms with Crippen LogP contribution in [0.3, 0.4) is 0 Å². The second-order valence-corrected chi connectivity index (χ2v) is 11.2. The van der Waals surface area contributed by atoms with Gasteiger partial charge in [-0.2, -0.15) is 0 Å². The number of para-hydroxylation sites is 4. The Morgan fingerprint density at radius 1 is 0.561 bits per heavy atom. The topological polar surface area (TPSA) is 21.1 Å². The highest BCUT2D eigenvalue weighted by atomic mass is 15.2. The number of nitrogens with zero attached hydrogens (tertiary/aromatic N) is 3. The first-order valence-electron chi connectivity index (χ1n) is 14.2. The van der Waals surface area contributed by atoms with E-state index in [9.17, 15) is 0 Å². The summed E-state index contributed by atoms with van der Waals surface area (Å²) in [6, 6.07) is 46.5. The summed E-state index contributed by atoms with van der Waals surface area (Å²) in [7, 11) is 0. The zero-order valence-electron chi connectivity index (χ0n) is 22.1. The maximum Gasteiger partial charge on any atom is 0.252 e. The van der Waals surface area contributed by atoms with E-state index >= 15 is 0 Å². The van der Waals surface area contributed by atoms with Crippen LogP contribution in [0.2, 0.25) is 0 Å². The van der Waals surface area contributed by atoms with E-state index in [1.165, 1.54) is 66.0 Å². The normalized spacial score (nSPS) is 13.3. The molecule has 0 fully saturated rings. The molecule has 2 aliphatic heterocycles. The third-order valence-electron chi connectivity index (χ3n) is 9.17. The van der Waals surface area contributed by atoms with Gasteiger partial charge < -0.3 is 9.47 Å². The van der Waals surface area contributed by atoms with Crippen molar-refractivity contribution < 1.29 is 0 Å². The number of benzene rings is 6. The van der Waals surface area contributed by atoms with Gasteiger partial charge in [0.25, 0.3) is 6.71 Å². The lowest BCUT2D eigenvalue weighted by Gasteiger charge is -2.40. The lowest BCUT2D eigenvalue weighted by atomic mass is 9.33. The average molecular weight is 519 g/mol. The van der Waals surface area contributed by atoms with Crippen molar-refractivity contribution in [3.8, 4) is 5.69 Å². The minimum atomic E-state index is 0.106. The smallest absolute Gasteiger partial charge is 0.252 e. The first-order valence-corrected chi connectivity index (χ1v) is 14.2. The molecule has 0 bridgehead atoms. The van der Waals surface area contributed by atoms with Gasteiger partial charge in [-0.3, -0.25) is 4.98 Å². The Kier molecular flexibility index (Phi) is 4.00. The summed E-state index contributed by atoms with van der Waals surface area (Å²) in [5, 5.41) is 6.17. The van der Waals surface area contributed by atoms with Crippen molar-refractivity contribution in [2.45, 2.75) is 0 Å². The first-order chi connectivity index (χ1) is 20.4. The van der Waals surface area contributed by atoms with E-state index in [1.54, 1.807) is 0 Å². The summed E-state index contributed by atoms with van der Waals surface area (Å²) in [5.41, 5.74) is 12.4. The van der Waals surface area contributed by atoms with Gasteiger partial charge in [0.2, 0.25) is 0 Å². The van der Waals surface area contributed by atoms with Gasteiger partial charge in [0.15, 0.2) is 0 Å². The third-order valence-corrected chi connectivity index (χ3v) is 9.17. The maximum atomic E-state index is 5.21. The largest absolute Gasteiger partial charge is 0.310 e. The molecular weight excluding hydrogens is 497 g/mol. The second kappa shape index (κ2) is 7.64. The lowest BCUT2D eigenvalue weighted by molar-refractivity contribution is 1.18. The fourth-order valence-electron chi connectivity index (χ4n) is 7.59. The highest BCUT2D eigenvalue weighted by Crippen LogP contribution is 2.44. The van der Waals surface area contributed by atoms with Crippen molar-refractivity contribution in [3.05, 3.63) is 134 Å². The number of aromatic nitrogens is 2. The molecule has 6 aromatic carbocycles. The van der Waals surface area contributed by atoms with Gasteiger partial charge in [-0.1, -0.05) is 97.1 Å². The molecule has 8 aromatic rings. The molecule has 0 atom stereocenters. The summed E-state index contributed by atoms with van der Waals surface area (Å²) in [5.74, 6) is 0. The molecule has 0 unspecified atom stereocenters. The Balaban J connectivity index is 1.50. The third kappa shape index (κ3) is 2.62. The Bertz CT molecular complexity index is 2390. The van der Waals surface area contributed by atoms with Crippen LogP contribution in [0.5, 0.6) is 0 Å². The summed E-state index contributed by atoms with van der Waals surface area (Å²) in [6.07, 6.45) is 2.04. The molecule has 3 nitrogen and oxygen atoms in total. The maximum absolute atomic E-state index is 5.21. The van der Waals surface area contributed by atoms with E-state index < -0.39 is 0 Å². The summed E-state index contributed by atoms with van der Waals surface area (Å²) in [6.45, 7) is 0.106. The van der Waals surface area contributed by atoms with Gasteiger partial charge >= 0.3 is 0 Å². The van der Waals surface area contributed by atoms with Crippen molar-refractivity contribution in [1.82, 2.24) is 9.55 Å². The Morgan fingerprint density at radius 3 is 2.22 bits per heavy atom. The molecule has 10 rings (SSSR count). The molecule has 4 heterocycles. The Hall–Kier alpha value is -5.35. The van der Waals surface area contributed by atoms with Crippen LogP contribution >= 0.6 is 0 Å². The van der Waals surface area contributed by atoms with Crippen molar-refractivity contribution >= 4 is 83.6 Å². The van der Waals surface area contributed by atoms with E-state index in [4.69, 9.17) is 4.98 Å². The highest BCUT2D eigenvalue weighted by Gasteiger charge is 2.43. The molecule has 2 aliphatic rings. The van der Waals surface area contributed by atoms with E-state index in [2.05, 4.69) is 137 Å². The Morgan fingerprint density at radius 2 is 1.29 bits per heavy atom. The van der Waals surface area contributed by atoms with Gasteiger partial charge in [0, 0.05) is 50.3 Å². The minimum Gasteiger partial charge on any atom is -0.310 e. The molecule has 2 aromatic heterocycles. The van der Waals surface area contributed by atoms with Crippen LogP contribution < -0.4 is 21.3 Å². The molecule has 188 valence electrons. The molecule has 0 saturated carbocycles. The van der Waals surface area contributed by atoms with E-state index in [1.807, 2.05) is 6.20 Å². The zero-order chi connectivity index (χ0) is 26.7. The molecule has 0 spiro atoms. The number of anilines is 3. The quantitative estimate of drug-likeness (QED) is 0.170. The van der Waals surface area contributed by atoms with Crippen LogP contribution in [0.25, 0.3) is 49.2 Å². The summed E-state index contributed by atoms with van der Waals surface area (Å²) >= 11 is 0. The summed E-state index contributed by atoms with van der Waals surface area (Å²) < 4.78 is 2.52. The minimum absolute atomic E-state index is 0.106. The molecule has 0 aliphatic carbocycles. The van der Waals surface area contributed by atoms with Gasteiger partial charge in [0.1, 0.15) is 0 Å². The molecular formula is C37H22BN3. The van der Waals surface area contributed by atoms with Crippen LogP contribution in [0.4, 0.5) is 17.1 Å². The molecule has 0 amide bonds. The molecule has 0 radical (unpaired) electrons. The molecule has 4 heteroatoms. The predicted molar refractivity (Wildman–Crippen MR) is 173 cm³/mol. The van der Waals surface area contributed by atoms with E-state index in [0.29, 0.717) is 0 Å². The molecule has 0 saturated heterocycles. The SMILES string of the molecule is c1ccc(N2c3ccccc3B3c4c(cc5c(ncc6ccccc65)c42)-n2c4ccccc4c4cccc3c42)cc1. The second-order valence-electron chi connectivity index (χ2n) is 11.2. The zero-order valence-corrected chi connectivity index (χ0v) is 22.1. The van der Waals surface area contributed by atoms with Crippen LogP contribution in [0.1, 0.15) is 0 Å². The fourth-order valence-corrected chi connectivity index (χ4v) is 7.59. The number of pyridine rings is 1. The number of hydrogen-bond acceptors (Lipinski definition) is 2. The van der Waals surface area contributed by atoms with E-state index in [0.717, 1.165) is 16.6 Å². The average Bonchev–Trinajstić information content (AvgIpc) is 3.38. The molecule has 0 N–H and O–H groups in total. The number of hydrogen-bond donors (Lipinski definition) is 0.